The van der Waals surface area contributed by atoms with Crippen LogP contribution in [-0.2, 0) is 9.47 Å². The number of aliphatic hydroxyl groups excluding tert-OH is 4. The number of benzene rings is 1. The van der Waals surface area contributed by atoms with Gasteiger partial charge in [-0.3, -0.25) is 0 Å². The summed E-state index contributed by atoms with van der Waals surface area (Å²) >= 11 is 0. The largest absolute Gasteiger partial charge is 0.465 e. The van der Waals surface area contributed by atoms with E-state index in [-0.39, 0.29) is 0 Å². The van der Waals surface area contributed by atoms with Crippen molar-refractivity contribution in [3.05, 3.63) is 30.0 Å². The first-order valence-corrected chi connectivity index (χ1v) is 7.63. The molecule has 3 rings (SSSR count). The first-order valence-electron chi connectivity index (χ1n) is 7.63. The van der Waals surface area contributed by atoms with E-state index < -0.39 is 43.3 Å². The van der Waals surface area contributed by atoms with Gasteiger partial charge in [-0.25, -0.2) is 4.79 Å². The molecule has 5 N–H and O–H groups in total. The fourth-order valence-corrected chi connectivity index (χ4v) is 2.76. The molecule has 1 aromatic heterocycles. The number of aromatic amines is 1. The van der Waals surface area contributed by atoms with Gasteiger partial charge in [0.2, 0.25) is 6.29 Å². The van der Waals surface area contributed by atoms with Crippen molar-refractivity contribution in [2.45, 2.75) is 30.7 Å². The molecule has 0 spiro atoms. The van der Waals surface area contributed by atoms with Crippen molar-refractivity contribution in [2.75, 3.05) is 13.7 Å². The molecule has 136 valence electrons. The molecule has 9 nitrogen and oxygen atoms in total. The monoisotopic (exact) mass is 353 g/mol. The van der Waals surface area contributed by atoms with Gasteiger partial charge in [-0.2, -0.15) is 0 Å². The first kappa shape index (κ1) is 17.6. The van der Waals surface area contributed by atoms with E-state index in [1.807, 2.05) is 0 Å². The van der Waals surface area contributed by atoms with Gasteiger partial charge < -0.3 is 39.6 Å². The van der Waals surface area contributed by atoms with Gasteiger partial charge in [-0.15, -0.1) is 0 Å². The van der Waals surface area contributed by atoms with Crippen LogP contribution in [0.3, 0.4) is 0 Å². The number of hydrogen-bond donors (Lipinski definition) is 5. The van der Waals surface area contributed by atoms with Gasteiger partial charge in [0, 0.05) is 23.2 Å². The average Bonchev–Trinajstić information content (AvgIpc) is 3.04. The fraction of sp³-hybridized carbons (Fsp3) is 0.438. The summed E-state index contributed by atoms with van der Waals surface area (Å²) in [5, 5.41) is 39.4. The normalized spacial score (nSPS) is 29.6. The molecular weight excluding hydrogens is 334 g/mol. The molecular formula is C16H19NO8. The maximum atomic E-state index is 11.7. The van der Waals surface area contributed by atoms with E-state index in [1.165, 1.54) is 13.3 Å². The minimum absolute atomic E-state index is 0.301. The molecule has 2 heterocycles. The van der Waals surface area contributed by atoms with Crippen LogP contribution in [0.15, 0.2) is 24.4 Å². The summed E-state index contributed by atoms with van der Waals surface area (Å²) in [6, 6.07) is 4.78. The number of esters is 1. The molecule has 25 heavy (non-hydrogen) atoms. The van der Waals surface area contributed by atoms with Crippen molar-refractivity contribution in [3.63, 3.8) is 0 Å². The van der Waals surface area contributed by atoms with Crippen LogP contribution >= 0.6 is 0 Å². The zero-order chi connectivity index (χ0) is 18.1. The Bertz CT molecular complexity index is 758. The Balaban J connectivity index is 1.82. The highest BCUT2D eigenvalue weighted by Crippen LogP contribution is 2.28. The lowest BCUT2D eigenvalue weighted by atomic mass is 9.99. The van der Waals surface area contributed by atoms with Crippen LogP contribution in [0, 0.1) is 0 Å². The maximum Gasteiger partial charge on any atom is 0.340 e. The number of methoxy groups -OCH3 is 1. The highest BCUT2D eigenvalue weighted by Gasteiger charge is 2.44. The molecule has 5 atom stereocenters. The number of carbonyl (C=O) groups is 1. The molecule has 0 aliphatic carbocycles. The van der Waals surface area contributed by atoms with Gasteiger partial charge >= 0.3 is 5.97 Å². The number of hydrogen-bond acceptors (Lipinski definition) is 8. The van der Waals surface area contributed by atoms with Gasteiger partial charge in [0.15, 0.2) is 0 Å². The Labute approximate surface area is 142 Å². The van der Waals surface area contributed by atoms with Crippen LogP contribution in [0.5, 0.6) is 5.75 Å². The molecule has 9 heteroatoms. The second-order valence-electron chi connectivity index (χ2n) is 5.72. The summed E-state index contributed by atoms with van der Waals surface area (Å²) in [6.07, 6.45) is -5.28. The molecule has 0 radical (unpaired) electrons. The van der Waals surface area contributed by atoms with Gasteiger partial charge in [0.1, 0.15) is 30.2 Å². The summed E-state index contributed by atoms with van der Waals surface area (Å²) < 4.78 is 15.5. The number of ether oxygens (including phenoxy) is 3. The van der Waals surface area contributed by atoms with E-state index in [9.17, 15) is 25.2 Å². The minimum Gasteiger partial charge on any atom is -0.465 e. The lowest BCUT2D eigenvalue weighted by Crippen LogP contribution is -2.60. The fourth-order valence-electron chi connectivity index (χ4n) is 2.76. The summed E-state index contributed by atoms with van der Waals surface area (Å²) in [5.74, 6) is -0.177. The molecule has 0 bridgehead atoms. The van der Waals surface area contributed by atoms with Crippen molar-refractivity contribution in [2.24, 2.45) is 0 Å². The summed E-state index contributed by atoms with van der Waals surface area (Å²) in [5.41, 5.74) is 0.972. The Kier molecular flexibility index (Phi) is 4.93. The van der Waals surface area contributed by atoms with Crippen molar-refractivity contribution in [3.8, 4) is 5.75 Å². The smallest absolute Gasteiger partial charge is 0.340 e. The van der Waals surface area contributed by atoms with Crippen LogP contribution in [0.2, 0.25) is 0 Å². The quantitative estimate of drug-likeness (QED) is 0.447. The Morgan fingerprint density at radius 3 is 2.68 bits per heavy atom. The second kappa shape index (κ2) is 6.98. The number of nitrogens with one attached hydrogen (secondary N) is 1. The second-order valence-corrected chi connectivity index (χ2v) is 5.72. The zero-order valence-corrected chi connectivity index (χ0v) is 13.3. The lowest BCUT2D eigenvalue weighted by molar-refractivity contribution is -0.277. The number of aromatic nitrogens is 1. The summed E-state index contributed by atoms with van der Waals surface area (Å²) in [7, 11) is 1.29. The molecule has 1 aromatic carbocycles. The average molecular weight is 353 g/mol. The first-order chi connectivity index (χ1) is 12.0. The molecule has 1 aliphatic heterocycles. The summed E-state index contributed by atoms with van der Waals surface area (Å²) in [4.78, 5) is 14.6. The number of aliphatic hydroxyl groups is 4. The van der Waals surface area contributed by atoms with Gasteiger partial charge in [0.25, 0.3) is 0 Å². The van der Waals surface area contributed by atoms with Crippen LogP contribution < -0.4 is 4.74 Å². The van der Waals surface area contributed by atoms with Gasteiger partial charge in [-0.05, 0) is 12.1 Å². The molecule has 1 fully saturated rings. The van der Waals surface area contributed by atoms with Crippen LogP contribution in [0.1, 0.15) is 10.4 Å². The lowest BCUT2D eigenvalue weighted by Gasteiger charge is -2.39. The van der Waals surface area contributed by atoms with Crippen molar-refractivity contribution < 1.29 is 39.4 Å². The van der Waals surface area contributed by atoms with E-state index in [0.717, 1.165) is 0 Å². The van der Waals surface area contributed by atoms with Crippen LogP contribution in [-0.4, -0.2) is 75.8 Å². The van der Waals surface area contributed by atoms with Crippen LogP contribution in [0.4, 0.5) is 0 Å². The van der Waals surface area contributed by atoms with E-state index >= 15 is 0 Å². The highest BCUT2D eigenvalue weighted by molar-refractivity contribution is 6.04. The molecule has 0 amide bonds. The van der Waals surface area contributed by atoms with Crippen molar-refractivity contribution in [1.29, 1.82) is 0 Å². The third kappa shape index (κ3) is 3.20. The minimum atomic E-state index is -1.52. The molecule has 0 unspecified atom stereocenters. The Morgan fingerprint density at radius 1 is 1.24 bits per heavy atom. The molecule has 1 saturated heterocycles. The molecule has 0 saturated carbocycles. The molecule has 1 aliphatic rings. The van der Waals surface area contributed by atoms with E-state index in [0.29, 0.717) is 22.2 Å². The Hall–Kier alpha value is -2.17. The maximum absolute atomic E-state index is 11.7. The predicted molar refractivity (Wildman–Crippen MR) is 84.0 cm³/mol. The summed E-state index contributed by atoms with van der Waals surface area (Å²) in [6.45, 7) is -0.539. The van der Waals surface area contributed by atoms with Gasteiger partial charge in [-0.1, -0.05) is 0 Å². The van der Waals surface area contributed by atoms with Crippen molar-refractivity contribution in [1.82, 2.24) is 4.98 Å². The molecule has 2 aromatic rings. The zero-order valence-electron chi connectivity index (χ0n) is 13.3. The highest BCUT2D eigenvalue weighted by atomic mass is 16.7. The van der Waals surface area contributed by atoms with Gasteiger partial charge in [0.05, 0.1) is 19.3 Å². The van der Waals surface area contributed by atoms with E-state index in [2.05, 4.69) is 4.98 Å². The standard InChI is InChI=1S/C16H19NO8/c1-23-15(22)9-5-17-10-4-7(2-3-8(9)10)24-16-14(21)13(20)12(19)11(6-18)25-16/h2-5,11-14,16-21H,6H2,1H3/t11-,12-,13+,14-,16-/m1/s1. The SMILES string of the molecule is COC(=O)c1c[nH]c2cc(O[C@@H]3O[C@H](CO)[C@@H](O)[C@H](O)[C@H]3O)ccc12. The number of carbonyl (C=O) groups excluding carboxylic acids is 1. The third-order valence-corrected chi connectivity index (χ3v) is 4.16. The topological polar surface area (TPSA) is 141 Å². The number of fused-ring (bicyclic) bond motifs is 1. The van der Waals surface area contributed by atoms with Crippen LogP contribution in [0.25, 0.3) is 10.9 Å². The van der Waals surface area contributed by atoms with Crippen molar-refractivity contribution >= 4 is 16.9 Å². The predicted octanol–water partition coefficient (Wildman–Crippen LogP) is -0.867. The number of H-pyrrole nitrogens is 1. The Morgan fingerprint density at radius 2 is 2.00 bits per heavy atom. The van der Waals surface area contributed by atoms with E-state index in [4.69, 9.17) is 14.2 Å². The third-order valence-electron chi connectivity index (χ3n) is 4.16. The van der Waals surface area contributed by atoms with E-state index in [1.54, 1.807) is 18.2 Å². The number of rotatable bonds is 4.